The van der Waals surface area contributed by atoms with Crippen molar-refractivity contribution in [3.63, 3.8) is 0 Å². The van der Waals surface area contributed by atoms with E-state index in [1.54, 1.807) is 12.2 Å². The zero-order valence-electron chi connectivity index (χ0n) is 6.20. The molecule has 0 spiro atoms. The van der Waals surface area contributed by atoms with Crippen LogP contribution < -0.4 is 0 Å². The summed E-state index contributed by atoms with van der Waals surface area (Å²) in [6.45, 7) is 0. The molecule has 0 saturated heterocycles. The van der Waals surface area contributed by atoms with Crippen molar-refractivity contribution in [2.75, 3.05) is 14.1 Å². The third kappa shape index (κ3) is 1.41. The lowest BCUT2D eigenvalue weighted by molar-refractivity contribution is -0.462. The maximum absolute atomic E-state index is 8.92. The Kier molecular flexibility index (Phi) is 1.81. The lowest BCUT2D eigenvalue weighted by Crippen LogP contribution is -2.10. The smallest absolute Gasteiger partial charge is 0.199 e. The van der Waals surface area contributed by atoms with Crippen LogP contribution in [-0.2, 0) is 0 Å². The van der Waals surface area contributed by atoms with Crippen LogP contribution in [0.15, 0.2) is 24.3 Å². The summed E-state index contributed by atoms with van der Waals surface area (Å²) < 4.78 is 1.99. The third-order valence-corrected chi connectivity index (χ3v) is 1.37. The van der Waals surface area contributed by atoms with Crippen molar-refractivity contribution in [3.8, 4) is 0 Å². The predicted molar refractivity (Wildman–Crippen MR) is 43.8 cm³/mol. The topological polar surface area (TPSA) is 25.3 Å². The third-order valence-electron chi connectivity index (χ3n) is 1.37. The van der Waals surface area contributed by atoms with E-state index < -0.39 is 0 Å². The molecular weight excluding hydrogens is 124 g/mol. The Hall–Kier alpha value is -1.18. The first-order valence-electron chi connectivity index (χ1n) is 3.16. The van der Waals surface area contributed by atoms with E-state index in [1.165, 1.54) is 0 Å². The van der Waals surface area contributed by atoms with Crippen LogP contribution in [0.5, 0.6) is 0 Å². The van der Waals surface area contributed by atoms with Gasteiger partial charge in [-0.15, -0.1) is 0 Å². The van der Waals surface area contributed by atoms with E-state index in [2.05, 4.69) is 0 Å². The van der Waals surface area contributed by atoms with Crippen molar-refractivity contribution in [2.24, 2.45) is 0 Å². The van der Waals surface area contributed by atoms with Gasteiger partial charge in [0.05, 0.1) is 0 Å². The summed E-state index contributed by atoms with van der Waals surface area (Å²) in [5.74, 6) is 0. The van der Waals surface area contributed by atoms with Crippen LogP contribution in [0.2, 0.25) is 0 Å². The molecule has 2 heteroatoms. The summed E-state index contributed by atoms with van der Waals surface area (Å²) in [5.41, 5.74) is 1.41. The lowest BCUT2D eigenvalue weighted by atomic mass is 10.1. The number of allylic oxidation sites excluding steroid dienone is 4. The maximum Gasteiger partial charge on any atom is 0.199 e. The Morgan fingerprint density at radius 3 is 2.00 bits per heavy atom. The van der Waals surface area contributed by atoms with Crippen LogP contribution in [0.25, 0.3) is 5.41 Å². The fourth-order valence-corrected chi connectivity index (χ4v) is 0.751. The molecule has 0 aromatic carbocycles. The van der Waals surface area contributed by atoms with Gasteiger partial charge in [-0.3, -0.25) is 0 Å². The van der Waals surface area contributed by atoms with Gasteiger partial charge in [0.25, 0.3) is 0 Å². The normalized spacial score (nSPS) is 16.2. The van der Waals surface area contributed by atoms with Gasteiger partial charge in [-0.25, -0.2) is 4.58 Å². The largest absolute Gasteiger partial charge is 0.804 e. The molecule has 0 bridgehead atoms. The molecule has 0 heterocycles. The van der Waals surface area contributed by atoms with Crippen molar-refractivity contribution in [3.05, 3.63) is 29.7 Å². The Bertz CT molecular complexity index is 222. The first-order valence-corrected chi connectivity index (χ1v) is 3.16. The van der Waals surface area contributed by atoms with Gasteiger partial charge in [-0.2, -0.15) is 5.71 Å². The number of hydrogen-bond donors (Lipinski definition) is 0. The molecule has 0 fully saturated rings. The minimum Gasteiger partial charge on any atom is -0.804 e. The molecule has 0 saturated carbocycles. The summed E-state index contributed by atoms with van der Waals surface area (Å²) in [4.78, 5) is 0. The van der Waals surface area contributed by atoms with Crippen molar-refractivity contribution in [1.82, 2.24) is 0 Å². The molecule has 1 rings (SSSR count). The zero-order chi connectivity index (χ0) is 7.56. The molecule has 0 atom stereocenters. The quantitative estimate of drug-likeness (QED) is 0.346. The second-order valence-electron chi connectivity index (χ2n) is 2.41. The summed E-state index contributed by atoms with van der Waals surface area (Å²) in [6.07, 6.45) is 7.09. The number of rotatable bonds is 0. The molecule has 0 aliphatic heterocycles. The summed E-state index contributed by atoms with van der Waals surface area (Å²) in [5, 5.41) is 8.92. The first kappa shape index (κ1) is 6.93. The standard InChI is InChI=1S/C8H10N2/c1-10(2)8-5-3-7(9)4-6-8/h3-6H,1-2H3. The highest BCUT2D eigenvalue weighted by Gasteiger charge is 1.99. The minimum atomic E-state index is 0.311. The molecule has 0 aromatic rings. The Balaban J connectivity index is 2.91. The Labute approximate surface area is 60.7 Å². The van der Waals surface area contributed by atoms with Crippen molar-refractivity contribution in [2.45, 2.75) is 0 Å². The van der Waals surface area contributed by atoms with E-state index in [0.29, 0.717) is 5.71 Å². The van der Waals surface area contributed by atoms with Crippen molar-refractivity contribution >= 4 is 11.4 Å². The van der Waals surface area contributed by atoms with E-state index in [0.717, 1.165) is 5.71 Å². The molecule has 2 nitrogen and oxygen atoms in total. The summed E-state index contributed by atoms with van der Waals surface area (Å²) in [7, 11) is 3.93. The Morgan fingerprint density at radius 1 is 1.10 bits per heavy atom. The van der Waals surface area contributed by atoms with E-state index in [-0.39, 0.29) is 0 Å². The fourth-order valence-electron chi connectivity index (χ4n) is 0.751. The van der Waals surface area contributed by atoms with Gasteiger partial charge in [0.2, 0.25) is 0 Å². The van der Waals surface area contributed by atoms with Crippen LogP contribution in [0.1, 0.15) is 0 Å². The predicted octanol–water partition coefficient (Wildman–Crippen LogP) is 0.836. The zero-order valence-corrected chi connectivity index (χ0v) is 6.20. The molecule has 0 unspecified atom stereocenters. The highest BCUT2D eigenvalue weighted by Crippen LogP contribution is 1.94. The molecule has 1 aliphatic rings. The van der Waals surface area contributed by atoms with E-state index >= 15 is 0 Å². The molecule has 1 aliphatic carbocycles. The van der Waals surface area contributed by atoms with Gasteiger partial charge in [0.15, 0.2) is 5.71 Å². The van der Waals surface area contributed by atoms with Crippen LogP contribution >= 0.6 is 0 Å². The second-order valence-corrected chi connectivity index (χ2v) is 2.41. The fraction of sp³-hybridized carbons (Fsp3) is 0.250. The van der Waals surface area contributed by atoms with Crippen molar-refractivity contribution < 1.29 is 4.58 Å². The second kappa shape index (κ2) is 2.60. The first-order chi connectivity index (χ1) is 4.70. The molecular formula is C8H10N2. The summed E-state index contributed by atoms with van der Waals surface area (Å²) in [6, 6.07) is 0. The van der Waals surface area contributed by atoms with E-state index in [1.807, 2.05) is 30.8 Å². The Morgan fingerprint density at radius 2 is 1.60 bits per heavy atom. The van der Waals surface area contributed by atoms with Crippen LogP contribution in [0, 0.1) is 0 Å². The molecule has 0 amide bonds. The van der Waals surface area contributed by atoms with E-state index in [4.69, 9.17) is 5.41 Å². The minimum absolute atomic E-state index is 0.311. The van der Waals surface area contributed by atoms with Gasteiger partial charge >= 0.3 is 0 Å². The monoisotopic (exact) mass is 134 g/mol. The molecule has 10 heavy (non-hydrogen) atoms. The van der Waals surface area contributed by atoms with Gasteiger partial charge in [0.1, 0.15) is 14.1 Å². The van der Waals surface area contributed by atoms with Gasteiger partial charge < -0.3 is 5.41 Å². The van der Waals surface area contributed by atoms with Gasteiger partial charge in [0, 0.05) is 12.2 Å². The van der Waals surface area contributed by atoms with Crippen LogP contribution in [-0.4, -0.2) is 30.1 Å². The van der Waals surface area contributed by atoms with Gasteiger partial charge in [-0.05, 0) is 0 Å². The van der Waals surface area contributed by atoms with Crippen molar-refractivity contribution in [1.29, 1.82) is 0 Å². The SMILES string of the molecule is C[N+](C)=C1C=CC(=[N-])C=C1. The lowest BCUT2D eigenvalue weighted by Gasteiger charge is -2.03. The molecule has 0 radical (unpaired) electrons. The summed E-state index contributed by atoms with van der Waals surface area (Å²) >= 11 is 0. The average molecular weight is 134 g/mol. The van der Waals surface area contributed by atoms with Crippen LogP contribution in [0.3, 0.4) is 0 Å². The average Bonchev–Trinajstić information content (AvgIpc) is 1.88. The van der Waals surface area contributed by atoms with Crippen LogP contribution in [0.4, 0.5) is 0 Å². The number of nitrogens with zero attached hydrogens (tertiary/aromatic N) is 2. The highest BCUT2D eigenvalue weighted by molar-refractivity contribution is 6.18. The van der Waals surface area contributed by atoms with Gasteiger partial charge in [-0.1, -0.05) is 12.2 Å². The van der Waals surface area contributed by atoms with E-state index in [9.17, 15) is 0 Å². The highest BCUT2D eigenvalue weighted by atomic mass is 14.9. The maximum atomic E-state index is 8.92. The molecule has 0 N–H and O–H groups in total. The molecule has 52 valence electrons. The molecule has 0 aromatic heterocycles. The number of hydrogen-bond acceptors (Lipinski definition) is 0.